The van der Waals surface area contributed by atoms with Crippen LogP contribution in [0.15, 0.2) is 12.3 Å². The Morgan fingerprint density at radius 2 is 2.38 bits per heavy atom. The molecule has 0 saturated heterocycles. The minimum atomic E-state index is -0.175. The van der Waals surface area contributed by atoms with Crippen molar-refractivity contribution in [3.63, 3.8) is 0 Å². The van der Waals surface area contributed by atoms with Gasteiger partial charge < -0.3 is 11.1 Å². The second kappa shape index (κ2) is 4.70. The number of nitrogens with two attached hydrogens (primary N) is 1. The maximum Gasteiger partial charge on any atom is 0.252 e. The Morgan fingerprint density at radius 1 is 1.62 bits per heavy atom. The molecule has 0 aromatic carbocycles. The van der Waals surface area contributed by atoms with Crippen molar-refractivity contribution in [3.05, 3.63) is 22.8 Å². The summed E-state index contributed by atoms with van der Waals surface area (Å²) in [6.07, 6.45) is 5.07. The molecule has 1 heterocycles. The summed E-state index contributed by atoms with van der Waals surface area (Å²) in [6, 6.07) is 1.50. The number of nitrogen functional groups attached to an aromatic ring is 1. The lowest BCUT2D eigenvalue weighted by molar-refractivity contribution is 0.0939. The number of amides is 1. The Morgan fingerprint density at radius 3 is 3.00 bits per heavy atom. The van der Waals surface area contributed by atoms with Gasteiger partial charge in [0.25, 0.3) is 5.91 Å². The average molecular weight is 240 g/mol. The number of nitrogens with one attached hydrogen (secondary N) is 1. The Labute approximate surface area is 99.2 Å². The fourth-order valence-electron chi connectivity index (χ4n) is 1.66. The van der Waals surface area contributed by atoms with Gasteiger partial charge in [-0.25, -0.2) is 4.98 Å². The molecule has 4 nitrogen and oxygen atoms in total. The highest BCUT2D eigenvalue weighted by Crippen LogP contribution is 2.25. The summed E-state index contributed by atoms with van der Waals surface area (Å²) in [6.45, 7) is 0.720. The molecule has 1 saturated carbocycles. The van der Waals surface area contributed by atoms with E-state index in [0.29, 0.717) is 22.3 Å². The van der Waals surface area contributed by atoms with E-state index in [9.17, 15) is 4.79 Å². The molecular weight excluding hydrogens is 226 g/mol. The molecule has 0 aliphatic heterocycles. The maximum absolute atomic E-state index is 11.8. The zero-order chi connectivity index (χ0) is 11.5. The second-order valence-electron chi connectivity index (χ2n) is 4.10. The Kier molecular flexibility index (Phi) is 3.29. The van der Waals surface area contributed by atoms with Crippen LogP contribution in [0.2, 0.25) is 5.02 Å². The van der Waals surface area contributed by atoms with E-state index < -0.39 is 0 Å². The number of carbonyl (C=O) groups is 1. The lowest BCUT2D eigenvalue weighted by Gasteiger charge is -2.25. The molecule has 3 N–H and O–H groups in total. The Hall–Kier alpha value is -1.29. The summed E-state index contributed by atoms with van der Waals surface area (Å²) in [5, 5.41) is 3.20. The fraction of sp³-hybridized carbons (Fsp3) is 0.455. The number of aromatic nitrogens is 1. The predicted molar refractivity (Wildman–Crippen MR) is 63.3 cm³/mol. The first-order valence-electron chi connectivity index (χ1n) is 5.36. The SMILES string of the molecule is Nc1cc(C(=O)NCC2CCC2)c(Cl)cn1. The molecule has 0 atom stereocenters. The lowest BCUT2D eigenvalue weighted by Crippen LogP contribution is -2.32. The smallest absolute Gasteiger partial charge is 0.252 e. The van der Waals surface area contributed by atoms with Crippen LogP contribution in [0.25, 0.3) is 0 Å². The molecule has 1 aromatic heterocycles. The number of nitrogens with zero attached hydrogens (tertiary/aromatic N) is 1. The first-order valence-corrected chi connectivity index (χ1v) is 5.74. The molecule has 2 rings (SSSR count). The van der Waals surface area contributed by atoms with Crippen molar-refractivity contribution < 1.29 is 4.79 Å². The summed E-state index contributed by atoms with van der Waals surface area (Å²) in [5.74, 6) is 0.756. The van der Waals surface area contributed by atoms with Crippen LogP contribution in [0.5, 0.6) is 0 Å². The van der Waals surface area contributed by atoms with E-state index in [4.69, 9.17) is 17.3 Å². The third-order valence-electron chi connectivity index (χ3n) is 2.90. The van der Waals surface area contributed by atoms with Crippen LogP contribution < -0.4 is 11.1 Å². The van der Waals surface area contributed by atoms with Gasteiger partial charge in [0.05, 0.1) is 10.6 Å². The third-order valence-corrected chi connectivity index (χ3v) is 3.20. The molecule has 1 aliphatic carbocycles. The highest BCUT2D eigenvalue weighted by atomic mass is 35.5. The lowest BCUT2D eigenvalue weighted by atomic mass is 9.85. The summed E-state index contributed by atoms with van der Waals surface area (Å²) < 4.78 is 0. The minimum absolute atomic E-state index is 0.175. The van der Waals surface area contributed by atoms with Gasteiger partial charge in [0.15, 0.2) is 0 Å². The van der Waals surface area contributed by atoms with Crippen LogP contribution in [0, 0.1) is 5.92 Å². The van der Waals surface area contributed by atoms with E-state index in [1.165, 1.54) is 31.5 Å². The Bertz CT molecular complexity index is 404. The molecule has 86 valence electrons. The van der Waals surface area contributed by atoms with Gasteiger partial charge in [-0.15, -0.1) is 0 Å². The standard InChI is InChI=1S/C11H14ClN3O/c12-9-6-14-10(13)4-8(9)11(16)15-5-7-2-1-3-7/h4,6-7H,1-3,5H2,(H2,13,14)(H,15,16). The highest BCUT2D eigenvalue weighted by Gasteiger charge is 2.19. The van der Waals surface area contributed by atoms with Crippen molar-refractivity contribution in [1.82, 2.24) is 10.3 Å². The maximum atomic E-state index is 11.8. The Balaban J connectivity index is 1.99. The number of halogens is 1. The number of rotatable bonds is 3. The van der Waals surface area contributed by atoms with Crippen LogP contribution in [0.4, 0.5) is 5.82 Å². The molecule has 1 aromatic rings. The van der Waals surface area contributed by atoms with Gasteiger partial charge in [-0.05, 0) is 24.8 Å². The van der Waals surface area contributed by atoms with Gasteiger partial charge >= 0.3 is 0 Å². The molecular formula is C11H14ClN3O. The monoisotopic (exact) mass is 239 g/mol. The largest absolute Gasteiger partial charge is 0.384 e. The molecule has 1 fully saturated rings. The number of hydrogen-bond donors (Lipinski definition) is 2. The topological polar surface area (TPSA) is 68.0 Å². The van der Waals surface area contributed by atoms with Crippen molar-refractivity contribution in [1.29, 1.82) is 0 Å². The fourth-order valence-corrected chi connectivity index (χ4v) is 1.85. The first kappa shape index (κ1) is 11.2. The highest BCUT2D eigenvalue weighted by molar-refractivity contribution is 6.33. The molecule has 0 unspecified atom stereocenters. The van der Waals surface area contributed by atoms with Crippen molar-refractivity contribution in [2.24, 2.45) is 5.92 Å². The van der Waals surface area contributed by atoms with Crippen LogP contribution in [0.3, 0.4) is 0 Å². The predicted octanol–water partition coefficient (Wildman–Crippen LogP) is 1.85. The zero-order valence-electron chi connectivity index (χ0n) is 8.87. The van der Waals surface area contributed by atoms with Gasteiger partial charge in [0, 0.05) is 12.7 Å². The summed E-state index contributed by atoms with van der Waals surface area (Å²) in [4.78, 5) is 15.6. The molecule has 5 heteroatoms. The number of carbonyl (C=O) groups excluding carboxylic acids is 1. The van der Waals surface area contributed by atoms with E-state index in [2.05, 4.69) is 10.3 Å². The van der Waals surface area contributed by atoms with Gasteiger partial charge in [-0.1, -0.05) is 18.0 Å². The van der Waals surface area contributed by atoms with Crippen molar-refractivity contribution in [3.8, 4) is 0 Å². The normalized spacial score (nSPS) is 15.6. The van der Waals surface area contributed by atoms with Crippen LogP contribution in [0.1, 0.15) is 29.6 Å². The number of pyridine rings is 1. The van der Waals surface area contributed by atoms with Gasteiger partial charge in [-0.2, -0.15) is 0 Å². The van der Waals surface area contributed by atoms with E-state index in [0.717, 1.165) is 6.54 Å². The third kappa shape index (κ3) is 2.44. The molecule has 1 aliphatic rings. The van der Waals surface area contributed by atoms with E-state index >= 15 is 0 Å². The van der Waals surface area contributed by atoms with E-state index in [1.807, 2.05) is 0 Å². The summed E-state index contributed by atoms with van der Waals surface area (Å²) in [5.41, 5.74) is 5.91. The summed E-state index contributed by atoms with van der Waals surface area (Å²) in [7, 11) is 0. The number of hydrogen-bond acceptors (Lipinski definition) is 3. The van der Waals surface area contributed by atoms with E-state index in [1.54, 1.807) is 0 Å². The molecule has 0 spiro atoms. The van der Waals surface area contributed by atoms with Crippen LogP contribution >= 0.6 is 11.6 Å². The molecule has 0 bridgehead atoms. The van der Waals surface area contributed by atoms with Crippen molar-refractivity contribution >= 4 is 23.3 Å². The molecule has 0 radical (unpaired) electrons. The summed E-state index contributed by atoms with van der Waals surface area (Å²) >= 11 is 5.88. The van der Waals surface area contributed by atoms with Crippen LogP contribution in [-0.4, -0.2) is 17.4 Å². The average Bonchev–Trinajstić information content (AvgIpc) is 2.19. The molecule has 16 heavy (non-hydrogen) atoms. The van der Waals surface area contributed by atoms with Crippen molar-refractivity contribution in [2.45, 2.75) is 19.3 Å². The minimum Gasteiger partial charge on any atom is -0.384 e. The zero-order valence-corrected chi connectivity index (χ0v) is 9.63. The van der Waals surface area contributed by atoms with Crippen LogP contribution in [-0.2, 0) is 0 Å². The molecule has 1 amide bonds. The van der Waals surface area contributed by atoms with Crippen molar-refractivity contribution in [2.75, 3.05) is 12.3 Å². The first-order chi connectivity index (χ1) is 7.66. The van der Waals surface area contributed by atoms with E-state index in [-0.39, 0.29) is 5.91 Å². The van der Waals surface area contributed by atoms with Gasteiger partial charge in [0.2, 0.25) is 0 Å². The second-order valence-corrected chi connectivity index (χ2v) is 4.50. The van der Waals surface area contributed by atoms with Gasteiger partial charge in [-0.3, -0.25) is 4.79 Å². The number of anilines is 1. The quantitative estimate of drug-likeness (QED) is 0.846. The van der Waals surface area contributed by atoms with Gasteiger partial charge in [0.1, 0.15) is 5.82 Å².